The van der Waals surface area contributed by atoms with E-state index in [9.17, 15) is 4.79 Å². The van der Waals surface area contributed by atoms with Gasteiger partial charge in [-0.2, -0.15) is 0 Å². The van der Waals surface area contributed by atoms with Gasteiger partial charge in [0.1, 0.15) is 5.75 Å². The van der Waals surface area contributed by atoms with Crippen LogP contribution in [0.15, 0.2) is 42.5 Å². The first kappa shape index (κ1) is 20.2. The molecule has 0 spiro atoms. The van der Waals surface area contributed by atoms with Crippen LogP contribution >= 0.6 is 11.6 Å². The fourth-order valence-corrected chi connectivity index (χ4v) is 4.92. The highest BCUT2D eigenvalue weighted by Gasteiger charge is 2.31. The largest absolute Gasteiger partial charge is 0.497 e. The second kappa shape index (κ2) is 8.76. The van der Waals surface area contributed by atoms with E-state index in [0.29, 0.717) is 18.3 Å². The monoisotopic (exact) mass is 412 g/mol. The lowest BCUT2D eigenvalue weighted by molar-refractivity contribution is -0.119. The van der Waals surface area contributed by atoms with Crippen LogP contribution in [0.3, 0.4) is 0 Å². The Morgan fingerprint density at radius 2 is 1.90 bits per heavy atom. The van der Waals surface area contributed by atoms with Crippen molar-refractivity contribution in [3.8, 4) is 5.75 Å². The number of halogens is 1. The molecule has 154 valence electrons. The molecule has 0 radical (unpaired) electrons. The number of ether oxygens (including phenoxy) is 1. The van der Waals surface area contributed by atoms with Gasteiger partial charge in [0.25, 0.3) is 0 Å². The fourth-order valence-electron chi connectivity index (χ4n) is 4.72. The number of para-hydroxylation sites is 1. The summed E-state index contributed by atoms with van der Waals surface area (Å²) in [6.45, 7) is 3.12. The quantitative estimate of drug-likeness (QED) is 0.710. The summed E-state index contributed by atoms with van der Waals surface area (Å²) in [5.74, 6) is 2.02. The molecule has 0 aliphatic carbocycles. The van der Waals surface area contributed by atoms with E-state index >= 15 is 0 Å². The number of amides is 1. The topological polar surface area (TPSA) is 32.8 Å². The first-order chi connectivity index (χ1) is 14.0. The molecule has 0 N–H and O–H groups in total. The van der Waals surface area contributed by atoms with Crippen molar-refractivity contribution in [1.29, 1.82) is 0 Å². The van der Waals surface area contributed by atoms with Crippen molar-refractivity contribution in [1.82, 2.24) is 4.90 Å². The number of anilines is 1. The third kappa shape index (κ3) is 4.44. The zero-order chi connectivity index (χ0) is 20.4. The highest BCUT2D eigenvalue weighted by Crippen LogP contribution is 2.36. The molecule has 0 bridgehead atoms. The number of rotatable bonds is 5. The van der Waals surface area contributed by atoms with E-state index in [1.54, 1.807) is 12.0 Å². The lowest BCUT2D eigenvalue weighted by Crippen LogP contribution is -2.41. The maximum atomic E-state index is 12.4. The van der Waals surface area contributed by atoms with Gasteiger partial charge in [-0.1, -0.05) is 29.8 Å². The number of carbonyl (C=O) groups excluding carboxylic acids is 1. The SMILES string of the molecule is COc1ccc(Cl)c(CC2CCN(CC3CC(=O)N(C)c4ccccc43)CC2)c1. The lowest BCUT2D eigenvalue weighted by atomic mass is 9.86. The number of benzene rings is 2. The lowest BCUT2D eigenvalue weighted by Gasteiger charge is -2.37. The van der Waals surface area contributed by atoms with Crippen LogP contribution in [0.25, 0.3) is 0 Å². The third-order valence-electron chi connectivity index (χ3n) is 6.48. The smallest absolute Gasteiger partial charge is 0.227 e. The van der Waals surface area contributed by atoms with Gasteiger partial charge < -0.3 is 14.5 Å². The summed E-state index contributed by atoms with van der Waals surface area (Å²) in [6.07, 6.45) is 3.93. The second-order valence-corrected chi connectivity index (χ2v) is 8.73. The number of fused-ring (bicyclic) bond motifs is 1. The van der Waals surface area contributed by atoms with Gasteiger partial charge in [0.15, 0.2) is 0 Å². The fraction of sp³-hybridized carbons (Fsp3) is 0.458. The van der Waals surface area contributed by atoms with Gasteiger partial charge in [-0.15, -0.1) is 0 Å². The minimum Gasteiger partial charge on any atom is -0.497 e. The predicted octanol–water partition coefficient (Wildman–Crippen LogP) is 4.75. The zero-order valence-corrected chi connectivity index (χ0v) is 18.0. The normalized spacial score (nSPS) is 20.6. The number of methoxy groups -OCH3 is 1. The van der Waals surface area contributed by atoms with Gasteiger partial charge in [-0.05, 0) is 73.7 Å². The first-order valence-electron chi connectivity index (χ1n) is 10.5. The number of hydrogen-bond donors (Lipinski definition) is 0. The molecule has 1 saturated heterocycles. The van der Waals surface area contributed by atoms with E-state index < -0.39 is 0 Å². The van der Waals surface area contributed by atoms with E-state index in [2.05, 4.69) is 29.2 Å². The number of hydrogen-bond acceptors (Lipinski definition) is 3. The van der Waals surface area contributed by atoms with Crippen LogP contribution in [-0.4, -0.2) is 44.6 Å². The maximum absolute atomic E-state index is 12.4. The Morgan fingerprint density at radius 3 is 2.66 bits per heavy atom. The summed E-state index contributed by atoms with van der Waals surface area (Å²) in [5.41, 5.74) is 3.55. The van der Waals surface area contributed by atoms with Crippen LogP contribution in [0.5, 0.6) is 5.75 Å². The second-order valence-electron chi connectivity index (χ2n) is 8.32. The number of piperidine rings is 1. The Kier molecular flexibility index (Phi) is 6.12. The molecular formula is C24H29ClN2O2. The zero-order valence-electron chi connectivity index (χ0n) is 17.2. The molecule has 29 heavy (non-hydrogen) atoms. The van der Waals surface area contributed by atoms with Crippen LogP contribution < -0.4 is 9.64 Å². The van der Waals surface area contributed by atoms with Crippen molar-refractivity contribution in [3.05, 3.63) is 58.6 Å². The van der Waals surface area contributed by atoms with Gasteiger partial charge in [0.05, 0.1) is 7.11 Å². The van der Waals surface area contributed by atoms with Gasteiger partial charge >= 0.3 is 0 Å². The van der Waals surface area contributed by atoms with Crippen molar-refractivity contribution in [2.45, 2.75) is 31.6 Å². The van der Waals surface area contributed by atoms with Gasteiger partial charge in [0.2, 0.25) is 5.91 Å². The Bertz CT molecular complexity index is 877. The molecule has 4 rings (SSSR count). The Balaban J connectivity index is 1.36. The molecule has 0 aromatic heterocycles. The molecule has 2 aliphatic rings. The van der Waals surface area contributed by atoms with E-state index in [-0.39, 0.29) is 5.91 Å². The summed E-state index contributed by atoms with van der Waals surface area (Å²) < 4.78 is 5.35. The van der Waals surface area contributed by atoms with Crippen LogP contribution in [0.1, 0.15) is 36.3 Å². The van der Waals surface area contributed by atoms with Crippen LogP contribution in [0, 0.1) is 5.92 Å². The maximum Gasteiger partial charge on any atom is 0.227 e. The predicted molar refractivity (Wildman–Crippen MR) is 118 cm³/mol. The van der Waals surface area contributed by atoms with Gasteiger partial charge in [-0.25, -0.2) is 0 Å². The molecule has 2 aromatic rings. The molecule has 1 amide bonds. The highest BCUT2D eigenvalue weighted by molar-refractivity contribution is 6.31. The molecule has 2 aliphatic heterocycles. The number of carbonyl (C=O) groups is 1. The number of likely N-dealkylation sites (tertiary alicyclic amines) is 1. The van der Waals surface area contributed by atoms with Crippen LogP contribution in [-0.2, 0) is 11.2 Å². The molecule has 5 heteroatoms. The van der Waals surface area contributed by atoms with Crippen LogP contribution in [0.4, 0.5) is 5.69 Å². The molecule has 1 fully saturated rings. The summed E-state index contributed by atoms with van der Waals surface area (Å²) in [6, 6.07) is 14.2. The minimum atomic E-state index is 0.219. The number of nitrogens with zero attached hydrogens (tertiary/aromatic N) is 2. The van der Waals surface area contributed by atoms with Crippen molar-refractivity contribution in [2.24, 2.45) is 5.92 Å². The van der Waals surface area contributed by atoms with Gasteiger partial charge in [-0.3, -0.25) is 4.79 Å². The minimum absolute atomic E-state index is 0.219. The molecule has 4 nitrogen and oxygen atoms in total. The summed E-state index contributed by atoms with van der Waals surface area (Å²) in [7, 11) is 3.57. The van der Waals surface area contributed by atoms with E-state index in [4.69, 9.17) is 16.3 Å². The highest BCUT2D eigenvalue weighted by atomic mass is 35.5. The molecule has 2 aromatic carbocycles. The molecule has 2 heterocycles. The third-order valence-corrected chi connectivity index (χ3v) is 6.85. The van der Waals surface area contributed by atoms with Crippen molar-refractivity contribution < 1.29 is 9.53 Å². The Morgan fingerprint density at radius 1 is 1.14 bits per heavy atom. The Labute approximate surface area is 178 Å². The van der Waals surface area contributed by atoms with E-state index in [1.165, 1.54) is 11.1 Å². The average molecular weight is 413 g/mol. The molecule has 0 saturated carbocycles. The Hall–Kier alpha value is -2.04. The van der Waals surface area contributed by atoms with Crippen molar-refractivity contribution >= 4 is 23.2 Å². The molecular weight excluding hydrogens is 384 g/mol. The summed E-state index contributed by atoms with van der Waals surface area (Å²) >= 11 is 6.40. The summed E-state index contributed by atoms with van der Waals surface area (Å²) in [5, 5.41) is 0.828. The van der Waals surface area contributed by atoms with Crippen molar-refractivity contribution in [2.75, 3.05) is 38.7 Å². The van der Waals surface area contributed by atoms with E-state index in [1.807, 2.05) is 25.2 Å². The standard InChI is InChI=1S/C24H29ClN2O2/c1-26-23-6-4-3-5-21(23)19(15-24(26)28)16-27-11-9-17(10-12-27)13-18-14-20(29-2)7-8-22(18)25/h3-8,14,17,19H,9-13,15-16H2,1-2H3. The molecule has 1 atom stereocenters. The first-order valence-corrected chi connectivity index (χ1v) is 10.8. The average Bonchev–Trinajstić information content (AvgIpc) is 2.75. The van der Waals surface area contributed by atoms with Crippen molar-refractivity contribution in [3.63, 3.8) is 0 Å². The van der Waals surface area contributed by atoms with Crippen LogP contribution in [0.2, 0.25) is 5.02 Å². The summed E-state index contributed by atoms with van der Waals surface area (Å²) in [4.78, 5) is 16.8. The molecule has 1 unspecified atom stereocenters. The van der Waals surface area contributed by atoms with Gasteiger partial charge in [0, 0.05) is 36.6 Å². The van der Waals surface area contributed by atoms with E-state index in [0.717, 1.165) is 55.4 Å².